The zero-order valence-electron chi connectivity index (χ0n) is 38.4. The zero-order valence-corrected chi connectivity index (χ0v) is 39.2. The van der Waals surface area contributed by atoms with E-state index in [4.69, 9.17) is 23.8 Å². The zero-order chi connectivity index (χ0) is 47.2. The highest BCUT2D eigenvalue weighted by Gasteiger charge is 2.25. The first-order valence-corrected chi connectivity index (χ1v) is 24.5. The molecule has 5 aromatic heterocycles. The van der Waals surface area contributed by atoms with Crippen molar-refractivity contribution in [2.24, 2.45) is 0 Å². The summed E-state index contributed by atoms with van der Waals surface area (Å²) in [7, 11) is 0. The summed E-state index contributed by atoms with van der Waals surface area (Å²) in [5, 5.41) is 8.01. The summed E-state index contributed by atoms with van der Waals surface area (Å²) in [6.45, 7) is 6.18. The highest BCUT2D eigenvalue weighted by atomic mass is 32.1. The summed E-state index contributed by atoms with van der Waals surface area (Å²) in [4.78, 5) is 16.0. The molecule has 0 unspecified atom stereocenters. The van der Waals surface area contributed by atoms with E-state index in [2.05, 4.69) is 169 Å². The third-order valence-electron chi connectivity index (χ3n) is 13.8. The molecule has 0 atom stereocenters. The molecule has 334 valence electrons. The Morgan fingerprint density at radius 1 is 0.493 bits per heavy atom. The van der Waals surface area contributed by atoms with Gasteiger partial charge in [0, 0.05) is 70.2 Å². The van der Waals surface area contributed by atoms with Gasteiger partial charge in [-0.3, -0.25) is 0 Å². The number of para-hydroxylation sites is 3. The van der Waals surface area contributed by atoms with Crippen LogP contribution < -0.4 is 0 Å². The molecule has 0 fully saturated rings. The van der Waals surface area contributed by atoms with E-state index in [0.29, 0.717) is 23.2 Å². The molecule has 0 bridgehead atoms. The fourth-order valence-electron chi connectivity index (χ4n) is 10.5. The Kier molecular flexibility index (Phi) is 9.34. The number of furan rings is 2. The number of fused-ring (bicyclic) bond motifs is 11. The Bertz CT molecular complexity index is 4440. The number of rotatable bonds is 8. The van der Waals surface area contributed by atoms with Gasteiger partial charge >= 0.3 is 0 Å². The van der Waals surface area contributed by atoms with Crippen LogP contribution in [0.3, 0.4) is 0 Å². The van der Waals surface area contributed by atoms with Gasteiger partial charge in [-0.25, -0.2) is 15.0 Å². The summed E-state index contributed by atoms with van der Waals surface area (Å²) in [5.41, 5.74) is 13.4. The molecule has 0 saturated carbocycles. The highest BCUT2D eigenvalue weighted by Crippen LogP contribution is 2.48. The van der Waals surface area contributed by atoms with Crippen molar-refractivity contribution in [3.63, 3.8) is 0 Å². The maximum Gasteiger partial charge on any atom is 0.164 e. The van der Waals surface area contributed by atoms with Gasteiger partial charge in [-0.1, -0.05) is 164 Å². The average molecular weight is 929 g/mol. The van der Waals surface area contributed by atoms with Gasteiger partial charge in [0.05, 0.1) is 21.4 Å². The molecule has 0 saturated heterocycles. The molecular weight excluding hydrogens is 889 g/mol. The topological polar surface area (TPSA) is 69.9 Å². The van der Waals surface area contributed by atoms with E-state index in [1.807, 2.05) is 72.9 Å². The average Bonchev–Trinajstić information content (AvgIpc) is 4.19. The molecule has 7 heteroatoms. The fourth-order valence-corrected chi connectivity index (χ4v) is 11.7. The van der Waals surface area contributed by atoms with Crippen LogP contribution >= 0.6 is 11.3 Å². The third kappa shape index (κ3) is 6.58. The monoisotopic (exact) mass is 928 g/mol. The second kappa shape index (κ2) is 16.2. The molecule has 5 heterocycles. The lowest BCUT2D eigenvalue weighted by Gasteiger charge is -2.21. The van der Waals surface area contributed by atoms with Crippen molar-refractivity contribution in [1.29, 1.82) is 0 Å². The lowest BCUT2D eigenvalue weighted by atomic mass is 9.92. The Balaban J connectivity index is 1.07. The first kappa shape index (κ1) is 40.9. The Morgan fingerprint density at radius 2 is 1.07 bits per heavy atom. The maximum absolute atomic E-state index is 6.44. The van der Waals surface area contributed by atoms with Gasteiger partial charge < -0.3 is 13.4 Å². The maximum atomic E-state index is 6.44. The number of hydrogen-bond acceptors (Lipinski definition) is 6. The van der Waals surface area contributed by atoms with Crippen LogP contribution in [0.2, 0.25) is 0 Å². The Morgan fingerprint density at radius 3 is 1.80 bits per heavy atom. The number of allylic oxidation sites excluding steroid dienone is 1. The number of benzene rings is 9. The first-order valence-electron chi connectivity index (χ1n) is 23.7. The molecule has 71 heavy (non-hydrogen) atoms. The smallest absolute Gasteiger partial charge is 0.164 e. The number of nitrogens with zero attached hydrogens (tertiary/aromatic N) is 4. The van der Waals surface area contributed by atoms with E-state index in [-0.39, 0.29) is 0 Å². The molecule has 0 aliphatic carbocycles. The molecule has 14 rings (SSSR count). The molecule has 0 aliphatic heterocycles. The molecular formula is C64H40N4O2S. The number of aromatic nitrogens is 4. The van der Waals surface area contributed by atoms with Gasteiger partial charge in [0.1, 0.15) is 22.5 Å². The summed E-state index contributed by atoms with van der Waals surface area (Å²) in [5.74, 6) is 2.26. The normalized spacial score (nSPS) is 12.2. The molecule has 0 radical (unpaired) electrons. The summed E-state index contributed by atoms with van der Waals surface area (Å²) in [6.07, 6.45) is 3.85. The second-order valence-corrected chi connectivity index (χ2v) is 19.0. The predicted molar refractivity (Wildman–Crippen MR) is 296 cm³/mol. The van der Waals surface area contributed by atoms with E-state index in [1.54, 1.807) is 0 Å². The molecule has 9 aromatic carbocycles. The number of hydrogen-bond donors (Lipinski definition) is 0. The molecule has 14 aromatic rings. The minimum Gasteiger partial charge on any atom is -0.456 e. The van der Waals surface area contributed by atoms with Crippen molar-refractivity contribution < 1.29 is 8.83 Å². The fraction of sp³-hybridized carbons (Fsp3) is 0.0156. The van der Waals surface area contributed by atoms with Crippen molar-refractivity contribution in [2.45, 2.75) is 6.92 Å². The predicted octanol–water partition coefficient (Wildman–Crippen LogP) is 17.9. The third-order valence-corrected chi connectivity index (χ3v) is 15.0. The number of thiophene rings is 1. The van der Waals surface area contributed by atoms with Crippen LogP contribution in [0.15, 0.2) is 216 Å². The highest BCUT2D eigenvalue weighted by molar-refractivity contribution is 7.26. The van der Waals surface area contributed by atoms with Crippen LogP contribution in [0.25, 0.3) is 143 Å². The van der Waals surface area contributed by atoms with Gasteiger partial charge in [0.15, 0.2) is 17.5 Å². The summed E-state index contributed by atoms with van der Waals surface area (Å²) in [6, 6.07) is 70.4. The van der Waals surface area contributed by atoms with Crippen molar-refractivity contribution >= 4 is 104 Å². The van der Waals surface area contributed by atoms with Crippen LogP contribution in [0.4, 0.5) is 0 Å². The lowest BCUT2D eigenvalue weighted by molar-refractivity contribution is 0.603. The summed E-state index contributed by atoms with van der Waals surface area (Å²) >= 11 is 1.86. The quantitative estimate of drug-likeness (QED) is 0.152. The van der Waals surface area contributed by atoms with E-state index in [9.17, 15) is 0 Å². The minimum absolute atomic E-state index is 0.520. The SMILES string of the molecule is C=Cc1c(/C=C(\C)c2nc(-c3cc(-c4ccccc4)c(-n4c5ccccc5c5ccc6c7ccccc7sc6c54)c(-c4ccccc4)c3)nc(-c3ccc4c(c3)oc3ccccc34)n2)oc2ccccc12. The van der Waals surface area contributed by atoms with Crippen LogP contribution in [0.1, 0.15) is 24.1 Å². The minimum atomic E-state index is 0.520. The summed E-state index contributed by atoms with van der Waals surface area (Å²) < 4.78 is 17.9. The Labute approximate surface area is 411 Å². The lowest BCUT2D eigenvalue weighted by Crippen LogP contribution is -2.05. The van der Waals surface area contributed by atoms with Gasteiger partial charge in [-0.05, 0) is 78.2 Å². The van der Waals surface area contributed by atoms with Gasteiger partial charge in [0.2, 0.25) is 0 Å². The van der Waals surface area contributed by atoms with Gasteiger partial charge in [-0.15, -0.1) is 11.3 Å². The van der Waals surface area contributed by atoms with Gasteiger partial charge in [-0.2, -0.15) is 0 Å². The van der Waals surface area contributed by atoms with Crippen LogP contribution in [-0.4, -0.2) is 19.5 Å². The van der Waals surface area contributed by atoms with Crippen molar-refractivity contribution in [3.8, 4) is 50.7 Å². The van der Waals surface area contributed by atoms with Crippen molar-refractivity contribution in [3.05, 3.63) is 224 Å². The van der Waals surface area contributed by atoms with E-state index < -0.39 is 0 Å². The van der Waals surface area contributed by atoms with E-state index >= 15 is 0 Å². The first-order chi connectivity index (χ1) is 35.1. The molecule has 0 spiro atoms. The molecule has 0 N–H and O–H groups in total. The van der Waals surface area contributed by atoms with Crippen molar-refractivity contribution in [1.82, 2.24) is 19.5 Å². The van der Waals surface area contributed by atoms with Crippen molar-refractivity contribution in [2.75, 3.05) is 0 Å². The largest absolute Gasteiger partial charge is 0.456 e. The van der Waals surface area contributed by atoms with Crippen LogP contribution in [0.5, 0.6) is 0 Å². The second-order valence-electron chi connectivity index (χ2n) is 18.0. The van der Waals surface area contributed by atoms with Crippen LogP contribution in [-0.2, 0) is 0 Å². The molecule has 0 aliphatic rings. The van der Waals surface area contributed by atoms with Crippen LogP contribution in [0, 0.1) is 0 Å². The van der Waals surface area contributed by atoms with E-state index in [1.165, 1.54) is 36.5 Å². The van der Waals surface area contributed by atoms with Gasteiger partial charge in [0.25, 0.3) is 0 Å². The van der Waals surface area contributed by atoms with E-state index in [0.717, 1.165) is 88.6 Å². The Hall–Kier alpha value is -9.17. The molecule has 0 amide bonds. The standard InChI is InChI=1S/C64H40N4O2S/c1-3-43-45-23-11-15-27-54(45)69-56(43)34-38(2)62-65-63(41-30-31-47-46-24-12-16-28-55(46)70-57(47)37-41)67-64(66-62)42-35-51(39-18-6-4-7-19-39)59(52(36-42)40-20-8-5-9-21-40)68-53-26-14-10-22-44(53)49-32-33-50-48-25-13-17-29-58(48)71-61(50)60(49)68/h3-37H,1H2,2H3/b38-34+. The molecule has 6 nitrogen and oxygen atoms in total.